The molecule has 7 heteroatoms. The van der Waals surface area contributed by atoms with Gasteiger partial charge in [-0.05, 0) is 30.5 Å². The van der Waals surface area contributed by atoms with Gasteiger partial charge in [0.1, 0.15) is 5.69 Å². The van der Waals surface area contributed by atoms with E-state index in [0.29, 0.717) is 10.7 Å². The number of benzene rings is 2. The maximum absolute atomic E-state index is 13.0. The van der Waals surface area contributed by atoms with Crippen molar-refractivity contribution in [3.05, 3.63) is 82.5 Å². The molecule has 0 saturated carbocycles. The van der Waals surface area contributed by atoms with Crippen molar-refractivity contribution in [2.75, 3.05) is 13.1 Å². The van der Waals surface area contributed by atoms with Gasteiger partial charge in [0.15, 0.2) is 4.96 Å². The van der Waals surface area contributed by atoms with Crippen LogP contribution >= 0.6 is 22.9 Å². The van der Waals surface area contributed by atoms with E-state index < -0.39 is 0 Å². The molecule has 1 aliphatic heterocycles. The lowest BCUT2D eigenvalue weighted by molar-refractivity contribution is 0.0903. The molecule has 158 valence electrons. The van der Waals surface area contributed by atoms with Gasteiger partial charge in [-0.3, -0.25) is 14.1 Å². The number of rotatable bonds is 5. The molecule has 2 aromatic carbocycles. The van der Waals surface area contributed by atoms with Gasteiger partial charge in [0.25, 0.3) is 5.91 Å². The van der Waals surface area contributed by atoms with Crippen LogP contribution in [0.3, 0.4) is 0 Å². The van der Waals surface area contributed by atoms with E-state index in [2.05, 4.69) is 39.5 Å². The second kappa shape index (κ2) is 8.83. The number of likely N-dealkylation sites (tertiary alicyclic amines) is 1. The predicted octanol–water partition coefficient (Wildman–Crippen LogP) is 5.11. The molecular weight excluding hydrogens is 428 g/mol. The largest absolute Gasteiger partial charge is 0.348 e. The fourth-order valence-corrected chi connectivity index (χ4v) is 5.02. The first-order chi connectivity index (χ1) is 15.2. The highest BCUT2D eigenvalue weighted by Gasteiger charge is 2.23. The lowest BCUT2D eigenvalue weighted by Crippen LogP contribution is -2.44. The van der Waals surface area contributed by atoms with Gasteiger partial charge in [-0.2, -0.15) is 0 Å². The van der Waals surface area contributed by atoms with Gasteiger partial charge in [-0.1, -0.05) is 54.1 Å². The van der Waals surface area contributed by atoms with Crippen LogP contribution in [0.15, 0.2) is 66.2 Å². The van der Waals surface area contributed by atoms with E-state index >= 15 is 0 Å². The minimum absolute atomic E-state index is 0.0344. The number of nitrogens with one attached hydrogen (secondary N) is 1. The van der Waals surface area contributed by atoms with Crippen molar-refractivity contribution in [2.24, 2.45) is 0 Å². The first-order valence-electron chi connectivity index (χ1n) is 10.5. The Morgan fingerprint density at radius 1 is 1.10 bits per heavy atom. The number of amides is 1. The van der Waals surface area contributed by atoms with Gasteiger partial charge in [0.2, 0.25) is 0 Å². The molecule has 5 nitrogen and oxygen atoms in total. The standard InChI is InChI=1S/C24H23ClN4OS/c25-19-8-6-18(7-9-19)21-15-29-22(16-31-24(29)27-21)23(30)26-20-10-12-28(13-11-20)14-17-4-2-1-3-5-17/h1-9,15-16,20H,10-14H2,(H,26,30). The fraction of sp³-hybridized carbons (Fsp3) is 0.250. The van der Waals surface area contributed by atoms with E-state index in [1.54, 1.807) is 0 Å². The maximum Gasteiger partial charge on any atom is 0.269 e. The number of hydrogen-bond acceptors (Lipinski definition) is 4. The van der Waals surface area contributed by atoms with Crippen LogP contribution in [0.5, 0.6) is 0 Å². The molecule has 31 heavy (non-hydrogen) atoms. The van der Waals surface area contributed by atoms with E-state index in [-0.39, 0.29) is 11.9 Å². The number of piperidine rings is 1. The van der Waals surface area contributed by atoms with Crippen LogP contribution in [0.2, 0.25) is 5.02 Å². The molecule has 1 aliphatic rings. The second-order valence-corrected chi connectivity index (χ2v) is 9.19. The van der Waals surface area contributed by atoms with Crippen LogP contribution in [0, 0.1) is 0 Å². The van der Waals surface area contributed by atoms with E-state index in [4.69, 9.17) is 11.6 Å². The van der Waals surface area contributed by atoms with Crippen molar-refractivity contribution in [3.8, 4) is 11.3 Å². The Bertz CT molecular complexity index is 1180. The highest BCUT2D eigenvalue weighted by molar-refractivity contribution is 7.15. The summed E-state index contributed by atoms with van der Waals surface area (Å²) in [7, 11) is 0. The summed E-state index contributed by atoms with van der Waals surface area (Å²) < 4.78 is 1.88. The van der Waals surface area contributed by atoms with Crippen LogP contribution in [0.1, 0.15) is 28.9 Å². The molecule has 5 rings (SSSR count). The van der Waals surface area contributed by atoms with Crippen LogP contribution in [-0.2, 0) is 6.54 Å². The molecule has 0 radical (unpaired) electrons. The molecule has 1 amide bonds. The number of carbonyl (C=O) groups is 1. The topological polar surface area (TPSA) is 49.6 Å². The van der Waals surface area contributed by atoms with Crippen LogP contribution in [0.25, 0.3) is 16.2 Å². The summed E-state index contributed by atoms with van der Waals surface area (Å²) in [6.07, 6.45) is 3.85. The number of halogens is 1. The predicted molar refractivity (Wildman–Crippen MR) is 126 cm³/mol. The fourth-order valence-electron chi connectivity index (χ4n) is 4.04. The van der Waals surface area contributed by atoms with Gasteiger partial charge >= 0.3 is 0 Å². The molecular formula is C24H23ClN4OS. The van der Waals surface area contributed by atoms with Crippen LogP contribution in [-0.4, -0.2) is 39.3 Å². The summed E-state index contributed by atoms with van der Waals surface area (Å²) in [5.74, 6) is -0.0344. The average Bonchev–Trinajstić information content (AvgIpc) is 3.37. The molecule has 0 atom stereocenters. The van der Waals surface area contributed by atoms with Crippen molar-refractivity contribution >= 4 is 33.8 Å². The quantitative estimate of drug-likeness (QED) is 0.459. The van der Waals surface area contributed by atoms with Crippen molar-refractivity contribution in [3.63, 3.8) is 0 Å². The van der Waals surface area contributed by atoms with Crippen molar-refractivity contribution in [2.45, 2.75) is 25.4 Å². The highest BCUT2D eigenvalue weighted by Crippen LogP contribution is 2.25. The molecule has 0 spiro atoms. The Hall–Kier alpha value is -2.67. The van der Waals surface area contributed by atoms with Crippen LogP contribution in [0.4, 0.5) is 0 Å². The van der Waals surface area contributed by atoms with E-state index in [1.165, 1.54) is 16.9 Å². The minimum Gasteiger partial charge on any atom is -0.348 e. The third-order valence-electron chi connectivity index (χ3n) is 5.75. The number of aromatic nitrogens is 2. The third-order valence-corrected chi connectivity index (χ3v) is 6.85. The molecule has 4 aromatic rings. The van der Waals surface area contributed by atoms with E-state index in [1.807, 2.05) is 46.3 Å². The first kappa shape index (κ1) is 20.2. The van der Waals surface area contributed by atoms with Gasteiger partial charge in [-0.25, -0.2) is 4.98 Å². The number of fused-ring (bicyclic) bond motifs is 1. The molecule has 1 N–H and O–H groups in total. The molecule has 2 aromatic heterocycles. The van der Waals surface area contributed by atoms with Gasteiger partial charge in [-0.15, -0.1) is 11.3 Å². The minimum atomic E-state index is -0.0344. The summed E-state index contributed by atoms with van der Waals surface area (Å²) in [6, 6.07) is 18.3. The summed E-state index contributed by atoms with van der Waals surface area (Å²) >= 11 is 7.47. The highest BCUT2D eigenvalue weighted by atomic mass is 35.5. The van der Waals surface area contributed by atoms with Gasteiger partial charge < -0.3 is 5.32 Å². The Morgan fingerprint density at radius 2 is 1.84 bits per heavy atom. The maximum atomic E-state index is 13.0. The summed E-state index contributed by atoms with van der Waals surface area (Å²) in [5.41, 5.74) is 3.80. The zero-order valence-corrected chi connectivity index (χ0v) is 18.6. The first-order valence-corrected chi connectivity index (χ1v) is 11.7. The Kier molecular flexibility index (Phi) is 5.76. The van der Waals surface area contributed by atoms with E-state index in [9.17, 15) is 4.79 Å². The summed E-state index contributed by atoms with van der Waals surface area (Å²) in [4.78, 5) is 20.9. The zero-order valence-electron chi connectivity index (χ0n) is 17.0. The zero-order chi connectivity index (χ0) is 21.2. The molecule has 0 bridgehead atoms. The Labute approximate surface area is 190 Å². The summed E-state index contributed by atoms with van der Waals surface area (Å²) in [6.45, 7) is 2.95. The number of imidazole rings is 1. The molecule has 3 heterocycles. The van der Waals surface area contributed by atoms with E-state index in [0.717, 1.165) is 48.7 Å². The van der Waals surface area contributed by atoms with Crippen LogP contribution < -0.4 is 5.32 Å². The number of nitrogens with zero attached hydrogens (tertiary/aromatic N) is 3. The molecule has 1 fully saturated rings. The molecule has 0 unspecified atom stereocenters. The lowest BCUT2D eigenvalue weighted by Gasteiger charge is -2.32. The Balaban J connectivity index is 1.22. The third kappa shape index (κ3) is 4.51. The van der Waals surface area contributed by atoms with Crippen molar-refractivity contribution in [1.29, 1.82) is 0 Å². The average molecular weight is 451 g/mol. The Morgan fingerprint density at radius 3 is 2.58 bits per heavy atom. The summed E-state index contributed by atoms with van der Waals surface area (Å²) in [5, 5.41) is 5.81. The molecule has 1 saturated heterocycles. The number of hydrogen-bond donors (Lipinski definition) is 1. The van der Waals surface area contributed by atoms with Crippen molar-refractivity contribution < 1.29 is 4.79 Å². The lowest BCUT2D eigenvalue weighted by atomic mass is 10.0. The van der Waals surface area contributed by atoms with Gasteiger partial charge in [0.05, 0.1) is 5.69 Å². The molecule has 0 aliphatic carbocycles. The smallest absolute Gasteiger partial charge is 0.269 e. The number of carbonyl (C=O) groups excluding carboxylic acids is 1. The number of thiazole rings is 1. The van der Waals surface area contributed by atoms with Gasteiger partial charge in [0, 0.05) is 47.8 Å². The monoisotopic (exact) mass is 450 g/mol. The SMILES string of the molecule is O=C(NC1CCN(Cc2ccccc2)CC1)c1csc2nc(-c3ccc(Cl)cc3)cn12. The van der Waals surface area contributed by atoms with Crippen molar-refractivity contribution in [1.82, 2.24) is 19.6 Å². The second-order valence-electron chi connectivity index (χ2n) is 7.92. The normalized spacial score (nSPS) is 15.4.